The molecule has 0 saturated heterocycles. The lowest BCUT2D eigenvalue weighted by atomic mass is 9.96. The van der Waals surface area contributed by atoms with Gasteiger partial charge in [-0.2, -0.15) is 0 Å². The van der Waals surface area contributed by atoms with Crippen LogP contribution in [0.25, 0.3) is 0 Å². The number of hydrogen-bond acceptors (Lipinski definition) is 2. The quantitative estimate of drug-likeness (QED) is 0.626. The Kier molecular flexibility index (Phi) is 6.57. The van der Waals surface area contributed by atoms with E-state index in [9.17, 15) is 0 Å². The molecule has 98 valence electrons. The predicted molar refractivity (Wildman–Crippen MR) is 69.8 cm³/mol. The molecule has 0 fully saturated rings. The van der Waals surface area contributed by atoms with E-state index in [0.29, 0.717) is 6.61 Å². The molecule has 0 spiro atoms. The van der Waals surface area contributed by atoms with Crippen LogP contribution >= 0.6 is 0 Å². The third-order valence-corrected chi connectivity index (χ3v) is 3.33. The normalized spacial score (nSPS) is 16.5. The van der Waals surface area contributed by atoms with Gasteiger partial charge in [0.2, 0.25) is 0 Å². The van der Waals surface area contributed by atoms with Crippen molar-refractivity contribution in [3.05, 3.63) is 0 Å². The first-order valence-corrected chi connectivity index (χ1v) is 6.44. The minimum absolute atomic E-state index is 0.0424. The monoisotopic (exact) mass is 230 g/mol. The lowest BCUT2D eigenvalue weighted by Gasteiger charge is -2.33. The smallest absolute Gasteiger partial charge is 0.0880 e. The molecule has 2 nitrogen and oxygen atoms in total. The standard InChI is InChI=1S/C14H30O2/c1-8-14(6,15-7)11-16-13(4,5)10-9-12(2)3/h12H,8-11H2,1-7H3. The van der Waals surface area contributed by atoms with Gasteiger partial charge in [0, 0.05) is 7.11 Å². The van der Waals surface area contributed by atoms with E-state index in [0.717, 1.165) is 18.8 Å². The third kappa shape index (κ3) is 6.49. The summed E-state index contributed by atoms with van der Waals surface area (Å²) >= 11 is 0. The van der Waals surface area contributed by atoms with Gasteiger partial charge in [0.15, 0.2) is 0 Å². The molecule has 16 heavy (non-hydrogen) atoms. The first-order chi connectivity index (χ1) is 7.24. The minimum Gasteiger partial charge on any atom is -0.376 e. The summed E-state index contributed by atoms with van der Waals surface area (Å²) in [5.41, 5.74) is -0.186. The molecular formula is C14H30O2. The Bertz CT molecular complexity index is 181. The maximum Gasteiger partial charge on any atom is 0.0880 e. The average Bonchev–Trinajstić information content (AvgIpc) is 2.24. The van der Waals surface area contributed by atoms with E-state index >= 15 is 0 Å². The van der Waals surface area contributed by atoms with Gasteiger partial charge < -0.3 is 9.47 Å². The summed E-state index contributed by atoms with van der Waals surface area (Å²) in [5, 5.41) is 0. The highest BCUT2D eigenvalue weighted by atomic mass is 16.5. The molecule has 0 bridgehead atoms. The van der Waals surface area contributed by atoms with E-state index in [1.54, 1.807) is 7.11 Å². The van der Waals surface area contributed by atoms with Crippen molar-refractivity contribution in [2.75, 3.05) is 13.7 Å². The molecule has 0 aliphatic carbocycles. The van der Waals surface area contributed by atoms with Crippen LogP contribution in [-0.2, 0) is 9.47 Å². The topological polar surface area (TPSA) is 18.5 Å². The molecule has 0 N–H and O–H groups in total. The number of rotatable bonds is 8. The molecule has 0 aliphatic heterocycles. The van der Waals surface area contributed by atoms with Crippen LogP contribution in [0.15, 0.2) is 0 Å². The van der Waals surface area contributed by atoms with E-state index in [2.05, 4.69) is 41.5 Å². The van der Waals surface area contributed by atoms with E-state index in [1.807, 2.05) is 0 Å². The van der Waals surface area contributed by atoms with Crippen LogP contribution in [0.1, 0.15) is 60.8 Å². The molecule has 0 aliphatic rings. The SMILES string of the molecule is CCC(C)(COC(C)(C)CCC(C)C)OC. The van der Waals surface area contributed by atoms with Gasteiger partial charge in [-0.05, 0) is 46.0 Å². The summed E-state index contributed by atoms with van der Waals surface area (Å²) in [6.45, 7) is 13.7. The predicted octanol–water partition coefficient (Wildman–Crippen LogP) is 4.03. The van der Waals surface area contributed by atoms with Crippen molar-refractivity contribution in [1.29, 1.82) is 0 Å². The van der Waals surface area contributed by atoms with Gasteiger partial charge in [0.05, 0.1) is 17.8 Å². The van der Waals surface area contributed by atoms with Crippen molar-refractivity contribution in [3.63, 3.8) is 0 Å². The van der Waals surface area contributed by atoms with Crippen molar-refractivity contribution in [3.8, 4) is 0 Å². The zero-order valence-corrected chi connectivity index (χ0v) is 12.2. The molecule has 0 aromatic heterocycles. The summed E-state index contributed by atoms with van der Waals surface area (Å²) < 4.78 is 11.5. The van der Waals surface area contributed by atoms with Crippen molar-refractivity contribution in [2.24, 2.45) is 5.92 Å². The number of ether oxygens (including phenoxy) is 2. The summed E-state index contributed by atoms with van der Waals surface area (Å²) in [5.74, 6) is 0.739. The molecule has 0 heterocycles. The van der Waals surface area contributed by atoms with Crippen LogP contribution in [0, 0.1) is 5.92 Å². The van der Waals surface area contributed by atoms with Gasteiger partial charge in [-0.15, -0.1) is 0 Å². The van der Waals surface area contributed by atoms with Gasteiger partial charge >= 0.3 is 0 Å². The van der Waals surface area contributed by atoms with Gasteiger partial charge in [-0.25, -0.2) is 0 Å². The summed E-state index contributed by atoms with van der Waals surface area (Å²) in [6.07, 6.45) is 3.29. The highest BCUT2D eigenvalue weighted by molar-refractivity contribution is 4.76. The van der Waals surface area contributed by atoms with Crippen LogP contribution in [0.5, 0.6) is 0 Å². The Hall–Kier alpha value is -0.0800. The van der Waals surface area contributed by atoms with E-state index in [1.165, 1.54) is 6.42 Å². The number of hydrogen-bond donors (Lipinski definition) is 0. The largest absolute Gasteiger partial charge is 0.376 e. The van der Waals surface area contributed by atoms with Crippen molar-refractivity contribution in [1.82, 2.24) is 0 Å². The Morgan fingerprint density at radius 3 is 2.06 bits per heavy atom. The maximum atomic E-state index is 6.00. The average molecular weight is 230 g/mol. The molecule has 0 rings (SSSR count). The zero-order valence-electron chi connectivity index (χ0n) is 12.2. The second-order valence-corrected chi connectivity index (χ2v) is 5.99. The highest BCUT2D eigenvalue weighted by Gasteiger charge is 2.26. The molecule has 0 amide bonds. The van der Waals surface area contributed by atoms with Gasteiger partial charge in [-0.3, -0.25) is 0 Å². The molecule has 0 radical (unpaired) electrons. The zero-order chi connectivity index (χ0) is 12.8. The van der Waals surface area contributed by atoms with E-state index in [-0.39, 0.29) is 11.2 Å². The van der Waals surface area contributed by atoms with Gasteiger partial charge in [0.25, 0.3) is 0 Å². The second-order valence-electron chi connectivity index (χ2n) is 5.99. The van der Waals surface area contributed by atoms with Crippen molar-refractivity contribution in [2.45, 2.75) is 72.0 Å². The molecular weight excluding hydrogens is 200 g/mol. The van der Waals surface area contributed by atoms with Crippen LogP contribution in [-0.4, -0.2) is 24.9 Å². The third-order valence-electron chi connectivity index (χ3n) is 3.33. The Balaban J connectivity index is 4.06. The molecule has 2 heteroatoms. The molecule has 0 aromatic rings. The van der Waals surface area contributed by atoms with Gasteiger partial charge in [0.1, 0.15) is 0 Å². The minimum atomic E-state index is -0.144. The fourth-order valence-electron chi connectivity index (χ4n) is 1.36. The van der Waals surface area contributed by atoms with Crippen LogP contribution in [0.3, 0.4) is 0 Å². The second kappa shape index (κ2) is 6.61. The lowest BCUT2D eigenvalue weighted by Crippen LogP contribution is -2.37. The van der Waals surface area contributed by atoms with Gasteiger partial charge in [-0.1, -0.05) is 20.8 Å². The number of methoxy groups -OCH3 is 1. The van der Waals surface area contributed by atoms with Crippen LogP contribution in [0.2, 0.25) is 0 Å². The molecule has 1 atom stereocenters. The Morgan fingerprint density at radius 1 is 1.12 bits per heavy atom. The summed E-state index contributed by atoms with van der Waals surface area (Å²) in [7, 11) is 1.76. The Labute approximate surface area is 102 Å². The van der Waals surface area contributed by atoms with Crippen LogP contribution < -0.4 is 0 Å². The summed E-state index contributed by atoms with van der Waals surface area (Å²) in [6, 6.07) is 0. The summed E-state index contributed by atoms with van der Waals surface area (Å²) in [4.78, 5) is 0. The van der Waals surface area contributed by atoms with Crippen LogP contribution in [0.4, 0.5) is 0 Å². The maximum absolute atomic E-state index is 6.00. The molecule has 0 saturated carbocycles. The molecule has 1 unspecified atom stereocenters. The van der Waals surface area contributed by atoms with Crippen molar-refractivity contribution >= 4 is 0 Å². The van der Waals surface area contributed by atoms with E-state index < -0.39 is 0 Å². The Morgan fingerprint density at radius 2 is 1.69 bits per heavy atom. The first-order valence-electron chi connectivity index (χ1n) is 6.44. The lowest BCUT2D eigenvalue weighted by molar-refractivity contribution is -0.118. The highest BCUT2D eigenvalue weighted by Crippen LogP contribution is 2.23. The van der Waals surface area contributed by atoms with E-state index in [4.69, 9.17) is 9.47 Å². The first kappa shape index (κ1) is 15.9. The van der Waals surface area contributed by atoms with Crippen molar-refractivity contribution < 1.29 is 9.47 Å². The fraction of sp³-hybridized carbons (Fsp3) is 1.00. The molecule has 0 aromatic carbocycles. The fourth-order valence-corrected chi connectivity index (χ4v) is 1.36.